The Morgan fingerprint density at radius 2 is 1.90 bits per heavy atom. The molecule has 1 aromatic rings. The van der Waals surface area contributed by atoms with Crippen molar-refractivity contribution in [2.75, 3.05) is 13.7 Å². The summed E-state index contributed by atoms with van der Waals surface area (Å²) in [5.74, 6) is 0.955. The number of carbonyl (C=O) groups is 1. The first-order valence-corrected chi connectivity index (χ1v) is 7.88. The number of hydrogen-bond donors (Lipinski definition) is 0. The smallest absolute Gasteiger partial charge is 0.246 e. The maximum atomic E-state index is 12.2. The average molecular weight is 287 g/mol. The fraction of sp³-hybridized carbons (Fsp3) is 0.500. The summed E-state index contributed by atoms with van der Waals surface area (Å²) < 4.78 is 5.40. The maximum absolute atomic E-state index is 12.2. The minimum absolute atomic E-state index is 0.0933. The molecule has 1 fully saturated rings. The second-order valence-electron chi connectivity index (χ2n) is 5.58. The van der Waals surface area contributed by atoms with E-state index in [1.54, 1.807) is 6.08 Å². The molecule has 21 heavy (non-hydrogen) atoms. The molecule has 0 bridgehead atoms. The summed E-state index contributed by atoms with van der Waals surface area (Å²) in [6, 6.07) is 8.21. The quantitative estimate of drug-likeness (QED) is 0.769. The highest BCUT2D eigenvalue weighted by molar-refractivity contribution is 5.91. The molecule has 2 rings (SSSR count). The van der Waals surface area contributed by atoms with Gasteiger partial charge in [-0.3, -0.25) is 4.79 Å². The van der Waals surface area contributed by atoms with E-state index < -0.39 is 0 Å². The predicted molar refractivity (Wildman–Crippen MR) is 86.3 cm³/mol. The van der Waals surface area contributed by atoms with Gasteiger partial charge in [0.2, 0.25) is 5.91 Å². The Bertz CT molecular complexity index is 472. The number of carbonyl (C=O) groups excluding carboxylic acids is 1. The summed E-state index contributed by atoms with van der Waals surface area (Å²) in [6.07, 6.45) is 9.61. The molecule has 1 aliphatic carbocycles. The minimum Gasteiger partial charge on any atom is -0.494 e. The van der Waals surface area contributed by atoms with Gasteiger partial charge in [-0.05, 0) is 43.5 Å². The van der Waals surface area contributed by atoms with Gasteiger partial charge in [-0.15, -0.1) is 0 Å². The van der Waals surface area contributed by atoms with Crippen LogP contribution in [-0.4, -0.2) is 30.5 Å². The Hall–Kier alpha value is -1.77. The molecule has 0 N–H and O–H groups in total. The summed E-state index contributed by atoms with van der Waals surface area (Å²) in [4.78, 5) is 14.1. The lowest BCUT2D eigenvalue weighted by molar-refractivity contribution is -0.127. The van der Waals surface area contributed by atoms with Crippen LogP contribution in [0.25, 0.3) is 6.08 Å². The first kappa shape index (κ1) is 15.6. The van der Waals surface area contributed by atoms with Gasteiger partial charge in [0.05, 0.1) is 6.61 Å². The second-order valence-corrected chi connectivity index (χ2v) is 5.58. The third-order valence-electron chi connectivity index (χ3n) is 4.08. The summed E-state index contributed by atoms with van der Waals surface area (Å²) >= 11 is 0. The first-order chi connectivity index (χ1) is 10.2. The number of nitrogens with zero attached hydrogens (tertiary/aromatic N) is 1. The number of ether oxygens (including phenoxy) is 1. The van der Waals surface area contributed by atoms with E-state index in [4.69, 9.17) is 4.74 Å². The molecule has 1 amide bonds. The number of hydrogen-bond acceptors (Lipinski definition) is 2. The summed E-state index contributed by atoms with van der Waals surface area (Å²) in [6.45, 7) is 2.63. The van der Waals surface area contributed by atoms with E-state index in [0.717, 1.165) is 24.2 Å². The molecule has 0 saturated heterocycles. The van der Waals surface area contributed by atoms with E-state index in [9.17, 15) is 4.79 Å². The zero-order valence-corrected chi connectivity index (χ0v) is 13.0. The van der Waals surface area contributed by atoms with Crippen molar-refractivity contribution in [3.05, 3.63) is 35.9 Å². The zero-order chi connectivity index (χ0) is 15.1. The third-order valence-corrected chi connectivity index (χ3v) is 4.08. The molecule has 0 unspecified atom stereocenters. The Labute approximate surface area is 127 Å². The first-order valence-electron chi connectivity index (χ1n) is 7.88. The van der Waals surface area contributed by atoms with E-state index in [1.807, 2.05) is 49.2 Å². The average Bonchev–Trinajstić information content (AvgIpc) is 2.54. The molecular formula is C18H25NO2. The van der Waals surface area contributed by atoms with Gasteiger partial charge in [-0.25, -0.2) is 0 Å². The highest BCUT2D eigenvalue weighted by atomic mass is 16.5. The van der Waals surface area contributed by atoms with Gasteiger partial charge < -0.3 is 9.64 Å². The fourth-order valence-electron chi connectivity index (χ4n) is 2.78. The lowest BCUT2D eigenvalue weighted by Crippen LogP contribution is -2.37. The van der Waals surface area contributed by atoms with Crippen LogP contribution < -0.4 is 4.74 Å². The number of likely N-dealkylation sites (N-methyl/N-ethyl adjacent to an activating group) is 1. The number of rotatable bonds is 5. The van der Waals surface area contributed by atoms with Gasteiger partial charge >= 0.3 is 0 Å². The molecule has 0 aliphatic heterocycles. The highest BCUT2D eigenvalue weighted by Crippen LogP contribution is 2.22. The van der Waals surface area contributed by atoms with Crippen LogP contribution in [0.15, 0.2) is 30.3 Å². The van der Waals surface area contributed by atoms with E-state index in [-0.39, 0.29) is 5.91 Å². The summed E-state index contributed by atoms with van der Waals surface area (Å²) in [7, 11) is 1.92. The van der Waals surface area contributed by atoms with Crippen molar-refractivity contribution in [1.82, 2.24) is 4.90 Å². The van der Waals surface area contributed by atoms with E-state index in [0.29, 0.717) is 12.6 Å². The molecule has 0 aromatic heterocycles. The Kier molecular flexibility index (Phi) is 5.85. The van der Waals surface area contributed by atoms with Crippen LogP contribution in [0, 0.1) is 0 Å². The molecule has 3 heteroatoms. The maximum Gasteiger partial charge on any atom is 0.246 e. The zero-order valence-electron chi connectivity index (χ0n) is 13.0. The van der Waals surface area contributed by atoms with Gasteiger partial charge in [-0.1, -0.05) is 31.4 Å². The highest BCUT2D eigenvalue weighted by Gasteiger charge is 2.20. The van der Waals surface area contributed by atoms with Gasteiger partial charge in [0.15, 0.2) is 0 Å². The van der Waals surface area contributed by atoms with Crippen LogP contribution in [0.3, 0.4) is 0 Å². The van der Waals surface area contributed by atoms with Crippen molar-refractivity contribution in [2.24, 2.45) is 0 Å². The molecule has 3 nitrogen and oxygen atoms in total. The third kappa shape index (κ3) is 4.62. The Morgan fingerprint density at radius 1 is 1.24 bits per heavy atom. The molecule has 0 atom stereocenters. The van der Waals surface area contributed by atoms with Gasteiger partial charge in [-0.2, -0.15) is 0 Å². The minimum atomic E-state index is 0.0933. The van der Waals surface area contributed by atoms with Gasteiger partial charge in [0.25, 0.3) is 0 Å². The molecule has 0 heterocycles. The summed E-state index contributed by atoms with van der Waals surface area (Å²) in [5, 5.41) is 0. The Morgan fingerprint density at radius 3 is 2.52 bits per heavy atom. The van der Waals surface area contributed by atoms with Crippen LogP contribution >= 0.6 is 0 Å². The molecule has 0 radical (unpaired) electrons. The standard InChI is InChI=1S/C18H25NO2/c1-3-21-17-12-9-15(10-13-17)11-14-18(20)19(2)16-7-5-4-6-8-16/h9-14,16H,3-8H2,1-2H3/b14-11+. The van der Waals surface area contributed by atoms with Crippen molar-refractivity contribution in [3.63, 3.8) is 0 Å². The van der Waals surface area contributed by atoms with Crippen molar-refractivity contribution < 1.29 is 9.53 Å². The monoisotopic (exact) mass is 287 g/mol. The van der Waals surface area contributed by atoms with Crippen molar-refractivity contribution in [3.8, 4) is 5.75 Å². The van der Waals surface area contributed by atoms with Crippen molar-refractivity contribution in [1.29, 1.82) is 0 Å². The largest absolute Gasteiger partial charge is 0.494 e. The predicted octanol–water partition coefficient (Wildman–Crippen LogP) is 3.89. The topological polar surface area (TPSA) is 29.5 Å². The lowest BCUT2D eigenvalue weighted by Gasteiger charge is -2.30. The van der Waals surface area contributed by atoms with Gasteiger partial charge in [0, 0.05) is 19.2 Å². The second kappa shape index (κ2) is 7.87. The molecule has 114 valence electrons. The summed E-state index contributed by atoms with van der Waals surface area (Å²) in [5.41, 5.74) is 1.02. The fourth-order valence-corrected chi connectivity index (χ4v) is 2.78. The van der Waals surface area contributed by atoms with Crippen LogP contribution in [0.4, 0.5) is 0 Å². The van der Waals surface area contributed by atoms with E-state index in [2.05, 4.69) is 0 Å². The normalized spacial score (nSPS) is 16.1. The molecule has 1 saturated carbocycles. The van der Waals surface area contributed by atoms with Crippen molar-refractivity contribution in [2.45, 2.75) is 45.1 Å². The Balaban J connectivity index is 1.91. The van der Waals surface area contributed by atoms with E-state index >= 15 is 0 Å². The number of benzene rings is 1. The SMILES string of the molecule is CCOc1ccc(/C=C/C(=O)N(C)C2CCCCC2)cc1. The van der Waals surface area contributed by atoms with Crippen molar-refractivity contribution >= 4 is 12.0 Å². The number of amides is 1. The van der Waals surface area contributed by atoms with Crippen LogP contribution in [0.5, 0.6) is 5.75 Å². The lowest BCUT2D eigenvalue weighted by atomic mass is 9.94. The van der Waals surface area contributed by atoms with Crippen LogP contribution in [0.2, 0.25) is 0 Å². The molecule has 1 aromatic carbocycles. The van der Waals surface area contributed by atoms with Crippen LogP contribution in [0.1, 0.15) is 44.6 Å². The molecule has 0 spiro atoms. The molecular weight excluding hydrogens is 262 g/mol. The van der Waals surface area contributed by atoms with Gasteiger partial charge in [0.1, 0.15) is 5.75 Å². The van der Waals surface area contributed by atoms with Crippen LogP contribution in [-0.2, 0) is 4.79 Å². The molecule has 1 aliphatic rings. The van der Waals surface area contributed by atoms with E-state index in [1.165, 1.54) is 19.3 Å².